The topological polar surface area (TPSA) is 148 Å². The second-order valence-corrected chi connectivity index (χ2v) is 9.97. The Morgan fingerprint density at radius 2 is 1.90 bits per heavy atom. The summed E-state index contributed by atoms with van der Waals surface area (Å²) in [4.78, 5) is 24.5. The van der Waals surface area contributed by atoms with Crippen molar-refractivity contribution in [1.82, 2.24) is 24.5 Å². The fraction of sp³-hybridized carbons (Fsp3) is 0.417. The molecule has 0 bridgehead atoms. The summed E-state index contributed by atoms with van der Waals surface area (Å²) in [5.41, 5.74) is 0.748. The Morgan fingerprint density at radius 3 is 2.51 bits per heavy atom. The van der Waals surface area contributed by atoms with E-state index < -0.39 is 24.7 Å². The number of hydrogen-bond donors (Lipinski definition) is 2. The van der Waals surface area contributed by atoms with Crippen molar-refractivity contribution in [2.75, 3.05) is 48.3 Å². The molecule has 204 valence electrons. The largest absolute Gasteiger partial charge is 0.444 e. The van der Waals surface area contributed by atoms with E-state index in [-0.39, 0.29) is 28.1 Å². The summed E-state index contributed by atoms with van der Waals surface area (Å²) in [7, 11) is 0. The van der Waals surface area contributed by atoms with Gasteiger partial charge in [0.2, 0.25) is 11.9 Å². The summed E-state index contributed by atoms with van der Waals surface area (Å²) in [6.45, 7) is 6.38. The Labute approximate surface area is 227 Å². The molecule has 0 saturated carbocycles. The molecule has 15 heteroatoms. The van der Waals surface area contributed by atoms with Crippen LogP contribution in [-0.4, -0.2) is 75.3 Å². The van der Waals surface area contributed by atoms with Crippen molar-refractivity contribution >= 4 is 46.6 Å². The third kappa shape index (κ3) is 6.35. The predicted octanol–water partition coefficient (Wildman–Crippen LogP) is 4.00. The number of amides is 1. The molecule has 0 aliphatic carbocycles. The van der Waals surface area contributed by atoms with E-state index in [1.807, 2.05) is 11.0 Å². The number of ether oxygens (including phenoxy) is 1. The highest BCUT2D eigenvalue weighted by molar-refractivity contribution is 6.36. The number of alkyl halides is 2. The molecule has 0 spiro atoms. The maximum atomic E-state index is 12.9. The van der Waals surface area contributed by atoms with E-state index in [2.05, 4.69) is 31.8 Å². The Kier molecular flexibility index (Phi) is 7.88. The number of anilines is 4. The van der Waals surface area contributed by atoms with E-state index >= 15 is 0 Å². The minimum absolute atomic E-state index is 0.0473. The number of aromatic nitrogens is 4. The van der Waals surface area contributed by atoms with Gasteiger partial charge in [0.05, 0.1) is 40.8 Å². The molecule has 1 aromatic carbocycles. The number of carbonyl (C=O) groups excluding carboxylic acids is 1. The molecule has 2 N–H and O–H groups in total. The fourth-order valence-electron chi connectivity index (χ4n) is 3.87. The Morgan fingerprint density at radius 1 is 1.18 bits per heavy atom. The van der Waals surface area contributed by atoms with Crippen molar-refractivity contribution in [2.45, 2.75) is 32.8 Å². The molecular formula is C24H25ClF2N10O2. The second kappa shape index (κ2) is 11.1. The van der Waals surface area contributed by atoms with Gasteiger partial charge in [-0.05, 0) is 32.9 Å². The number of hydrogen-bond acceptors (Lipinski definition) is 10. The number of rotatable bonds is 6. The van der Waals surface area contributed by atoms with Gasteiger partial charge in [0.15, 0.2) is 5.65 Å². The molecule has 1 aliphatic heterocycles. The number of fused-ring (bicyclic) bond motifs is 1. The third-order valence-corrected chi connectivity index (χ3v) is 6.00. The van der Waals surface area contributed by atoms with Crippen LogP contribution in [0, 0.1) is 22.7 Å². The van der Waals surface area contributed by atoms with Crippen LogP contribution in [-0.2, 0) is 4.74 Å². The summed E-state index contributed by atoms with van der Waals surface area (Å²) in [5, 5.41) is 28.7. The quantitative estimate of drug-likeness (QED) is 0.455. The van der Waals surface area contributed by atoms with Gasteiger partial charge < -0.3 is 25.2 Å². The highest BCUT2D eigenvalue weighted by atomic mass is 35.5. The lowest BCUT2D eigenvalue weighted by Gasteiger charge is -2.37. The fourth-order valence-corrected chi connectivity index (χ4v) is 4.14. The van der Waals surface area contributed by atoms with E-state index in [4.69, 9.17) is 16.3 Å². The van der Waals surface area contributed by atoms with Crippen LogP contribution in [0.25, 0.3) is 5.65 Å². The minimum atomic E-state index is -2.66. The van der Waals surface area contributed by atoms with E-state index in [1.165, 1.54) is 12.3 Å². The van der Waals surface area contributed by atoms with Gasteiger partial charge in [-0.3, -0.25) is 0 Å². The van der Waals surface area contributed by atoms with Crippen LogP contribution >= 0.6 is 11.6 Å². The highest BCUT2D eigenvalue weighted by Gasteiger charge is 2.27. The van der Waals surface area contributed by atoms with Gasteiger partial charge in [0, 0.05) is 26.2 Å². The number of nitrogens with zero attached hydrogens (tertiary/aromatic N) is 8. The standard InChI is InChI=1S/C24H25ClF2N10O2/c1-24(2,3)39-23(38)36-6-4-35(5-7-36)17-9-14(10-28)8-16(19(17)25)32-21-33-20-15(11-29)12-31-37(20)22(34-21)30-13-18(26)27/h8-9,12,18H,4-7,13H2,1-3H3,(H2,30,32,33,34). The SMILES string of the molecule is CC(C)(C)OC(=O)N1CCN(c2cc(C#N)cc(Nc3nc(NCC(F)F)n4ncc(C#N)c4n3)c2Cl)CC1. The molecule has 1 saturated heterocycles. The van der Waals surface area contributed by atoms with Crippen molar-refractivity contribution in [3.8, 4) is 12.1 Å². The van der Waals surface area contributed by atoms with Crippen LogP contribution < -0.4 is 15.5 Å². The molecule has 3 heterocycles. The van der Waals surface area contributed by atoms with E-state index in [9.17, 15) is 24.1 Å². The number of carbonyl (C=O) groups is 1. The number of nitrogens with one attached hydrogen (secondary N) is 2. The first kappa shape index (κ1) is 27.6. The Bertz CT molecular complexity index is 1470. The van der Waals surface area contributed by atoms with Crippen LogP contribution in [0.1, 0.15) is 31.9 Å². The normalized spacial score (nSPS) is 13.8. The maximum absolute atomic E-state index is 12.9. The summed E-state index contributed by atoms with van der Waals surface area (Å²) < 4.78 is 32.3. The molecule has 0 radical (unpaired) electrons. The molecule has 1 aliphatic rings. The van der Waals surface area contributed by atoms with Gasteiger partial charge in [-0.1, -0.05) is 11.6 Å². The lowest BCUT2D eigenvalue weighted by molar-refractivity contribution is 0.0240. The first-order valence-electron chi connectivity index (χ1n) is 11.9. The monoisotopic (exact) mass is 558 g/mol. The minimum Gasteiger partial charge on any atom is -0.444 e. The van der Waals surface area contributed by atoms with Gasteiger partial charge in [0.1, 0.15) is 17.2 Å². The molecule has 0 unspecified atom stereocenters. The van der Waals surface area contributed by atoms with Gasteiger partial charge in [0.25, 0.3) is 6.43 Å². The molecule has 3 aromatic rings. The number of nitriles is 2. The third-order valence-electron chi connectivity index (χ3n) is 5.60. The zero-order valence-electron chi connectivity index (χ0n) is 21.4. The zero-order chi connectivity index (χ0) is 28.3. The van der Waals surface area contributed by atoms with Crippen molar-refractivity contribution < 1.29 is 18.3 Å². The van der Waals surface area contributed by atoms with Gasteiger partial charge in [-0.25, -0.2) is 13.6 Å². The number of halogens is 3. The van der Waals surface area contributed by atoms with Gasteiger partial charge >= 0.3 is 6.09 Å². The van der Waals surface area contributed by atoms with Crippen molar-refractivity contribution in [2.24, 2.45) is 0 Å². The summed E-state index contributed by atoms with van der Waals surface area (Å²) in [6, 6.07) is 7.19. The predicted molar refractivity (Wildman–Crippen MR) is 139 cm³/mol. The second-order valence-electron chi connectivity index (χ2n) is 9.60. The molecule has 2 aromatic heterocycles. The average Bonchev–Trinajstić information content (AvgIpc) is 3.30. The first-order valence-corrected chi connectivity index (χ1v) is 12.3. The summed E-state index contributed by atoms with van der Waals surface area (Å²) in [6.07, 6.45) is -1.81. The molecule has 4 rings (SSSR count). The van der Waals surface area contributed by atoms with Gasteiger partial charge in [-0.15, -0.1) is 0 Å². The lowest BCUT2D eigenvalue weighted by atomic mass is 10.1. The number of piperazine rings is 1. The van der Waals surface area contributed by atoms with Gasteiger partial charge in [-0.2, -0.15) is 30.1 Å². The van der Waals surface area contributed by atoms with Crippen LogP contribution in [0.4, 0.5) is 36.8 Å². The molecule has 0 atom stereocenters. The van der Waals surface area contributed by atoms with Crippen molar-refractivity contribution in [3.05, 3.63) is 34.5 Å². The molecule has 39 heavy (non-hydrogen) atoms. The average molecular weight is 559 g/mol. The zero-order valence-corrected chi connectivity index (χ0v) is 22.1. The van der Waals surface area contributed by atoms with Crippen molar-refractivity contribution in [3.63, 3.8) is 0 Å². The molecule has 12 nitrogen and oxygen atoms in total. The number of benzene rings is 1. The van der Waals surface area contributed by atoms with E-state index in [0.29, 0.717) is 43.1 Å². The maximum Gasteiger partial charge on any atom is 0.410 e. The Balaban J connectivity index is 1.62. The molecule has 1 amide bonds. The summed E-state index contributed by atoms with van der Waals surface area (Å²) >= 11 is 6.75. The first-order chi connectivity index (χ1) is 18.5. The smallest absolute Gasteiger partial charge is 0.410 e. The van der Waals surface area contributed by atoms with Crippen LogP contribution in [0.5, 0.6) is 0 Å². The van der Waals surface area contributed by atoms with Crippen LogP contribution in [0.15, 0.2) is 18.3 Å². The highest BCUT2D eigenvalue weighted by Crippen LogP contribution is 2.36. The van der Waals surface area contributed by atoms with Crippen molar-refractivity contribution in [1.29, 1.82) is 10.5 Å². The van der Waals surface area contributed by atoms with Crippen LogP contribution in [0.2, 0.25) is 5.02 Å². The Hall–Kier alpha value is -4.43. The lowest BCUT2D eigenvalue weighted by Crippen LogP contribution is -2.50. The summed E-state index contributed by atoms with van der Waals surface area (Å²) in [5.74, 6) is -0.107. The van der Waals surface area contributed by atoms with Crippen LogP contribution in [0.3, 0.4) is 0 Å². The molecular weight excluding hydrogens is 534 g/mol. The molecule has 1 fully saturated rings. The van der Waals surface area contributed by atoms with E-state index in [1.54, 1.807) is 31.7 Å². The van der Waals surface area contributed by atoms with E-state index in [0.717, 1.165) is 4.52 Å².